The number of hydrogen-bond donors (Lipinski definition) is 0. The van der Waals surface area contributed by atoms with Gasteiger partial charge in [0.25, 0.3) is 0 Å². The summed E-state index contributed by atoms with van der Waals surface area (Å²) in [5, 5.41) is 0. The summed E-state index contributed by atoms with van der Waals surface area (Å²) in [6.07, 6.45) is 2.04. The predicted octanol–water partition coefficient (Wildman–Crippen LogP) is 3.94. The van der Waals surface area contributed by atoms with Crippen molar-refractivity contribution in [1.29, 1.82) is 0 Å². The smallest absolute Gasteiger partial charge is 0.170 e. The van der Waals surface area contributed by atoms with E-state index in [-0.39, 0.29) is 11.9 Å². The van der Waals surface area contributed by atoms with Gasteiger partial charge in [-0.3, -0.25) is 4.79 Å². The van der Waals surface area contributed by atoms with Gasteiger partial charge in [0.15, 0.2) is 17.3 Å². The lowest BCUT2D eigenvalue weighted by molar-refractivity contribution is 0.0849. The maximum Gasteiger partial charge on any atom is 0.170 e. The number of ketones is 1. The molecule has 2 aliphatic rings. The largest absolute Gasteiger partial charge is 0.490 e. The molecule has 2 aromatic carbocycles. The van der Waals surface area contributed by atoms with Crippen molar-refractivity contribution in [3.05, 3.63) is 53.6 Å². The molecule has 2 aliphatic heterocycles. The number of fused-ring (bicyclic) bond motifs is 2. The Morgan fingerprint density at radius 3 is 2.52 bits per heavy atom. The molecule has 23 heavy (non-hydrogen) atoms. The highest BCUT2D eigenvalue weighted by Crippen LogP contribution is 2.38. The quantitative estimate of drug-likeness (QED) is 0.800. The first-order valence-corrected chi connectivity index (χ1v) is 8.00. The first-order chi connectivity index (χ1) is 11.3. The molecule has 0 saturated heterocycles. The molecular formula is C19H18O4. The standard InChI is InChI=1S/C19H18O4/c20-15-12-18(23-16-6-2-1-5-14(15)16)13-7-8-17-19(11-13)22-10-4-3-9-21-17/h1-2,5-8,11,18H,3-4,9-10,12H2. The lowest BCUT2D eigenvalue weighted by atomic mass is 9.96. The van der Waals surface area contributed by atoms with Gasteiger partial charge in [0.05, 0.1) is 25.2 Å². The summed E-state index contributed by atoms with van der Waals surface area (Å²) in [4.78, 5) is 12.3. The fourth-order valence-electron chi connectivity index (χ4n) is 2.98. The third-order valence-corrected chi connectivity index (χ3v) is 4.22. The maximum absolute atomic E-state index is 12.3. The molecule has 2 aromatic rings. The van der Waals surface area contributed by atoms with Crippen LogP contribution in [0.1, 0.15) is 41.3 Å². The molecule has 2 heterocycles. The van der Waals surface area contributed by atoms with Crippen LogP contribution < -0.4 is 14.2 Å². The molecule has 118 valence electrons. The van der Waals surface area contributed by atoms with Gasteiger partial charge in [-0.1, -0.05) is 18.2 Å². The van der Waals surface area contributed by atoms with E-state index in [1.807, 2.05) is 42.5 Å². The van der Waals surface area contributed by atoms with Crippen LogP contribution in [-0.4, -0.2) is 19.0 Å². The third-order valence-electron chi connectivity index (χ3n) is 4.22. The summed E-state index contributed by atoms with van der Waals surface area (Å²) in [6, 6.07) is 13.2. The molecular weight excluding hydrogens is 292 g/mol. The van der Waals surface area contributed by atoms with Gasteiger partial charge in [-0.25, -0.2) is 0 Å². The van der Waals surface area contributed by atoms with E-state index in [1.165, 1.54) is 0 Å². The minimum Gasteiger partial charge on any atom is -0.490 e. The molecule has 4 heteroatoms. The molecule has 0 aliphatic carbocycles. The molecule has 0 bridgehead atoms. The van der Waals surface area contributed by atoms with Crippen LogP contribution in [0.2, 0.25) is 0 Å². The van der Waals surface area contributed by atoms with Crippen molar-refractivity contribution < 1.29 is 19.0 Å². The summed E-state index contributed by atoms with van der Waals surface area (Å²) < 4.78 is 17.5. The van der Waals surface area contributed by atoms with Crippen molar-refractivity contribution in [2.24, 2.45) is 0 Å². The average Bonchev–Trinajstić information content (AvgIpc) is 2.55. The van der Waals surface area contributed by atoms with Crippen LogP contribution in [0.25, 0.3) is 0 Å². The van der Waals surface area contributed by atoms with Gasteiger partial charge in [-0.2, -0.15) is 0 Å². The van der Waals surface area contributed by atoms with Gasteiger partial charge < -0.3 is 14.2 Å². The second-order valence-corrected chi connectivity index (χ2v) is 5.84. The Morgan fingerprint density at radius 1 is 0.870 bits per heavy atom. The van der Waals surface area contributed by atoms with Crippen molar-refractivity contribution >= 4 is 5.78 Å². The zero-order valence-electron chi connectivity index (χ0n) is 12.8. The Balaban J connectivity index is 1.64. The highest BCUT2D eigenvalue weighted by molar-refractivity contribution is 5.99. The van der Waals surface area contributed by atoms with E-state index in [0.29, 0.717) is 30.9 Å². The van der Waals surface area contributed by atoms with Crippen LogP contribution in [0.3, 0.4) is 0 Å². The van der Waals surface area contributed by atoms with Crippen molar-refractivity contribution in [2.45, 2.75) is 25.4 Å². The predicted molar refractivity (Wildman–Crippen MR) is 85.4 cm³/mol. The van der Waals surface area contributed by atoms with E-state index in [1.54, 1.807) is 0 Å². The molecule has 0 amide bonds. The molecule has 4 nitrogen and oxygen atoms in total. The van der Waals surface area contributed by atoms with Crippen LogP contribution in [0.15, 0.2) is 42.5 Å². The number of Topliss-reactive ketones (excluding diaryl/α,β-unsaturated/α-hetero) is 1. The van der Waals surface area contributed by atoms with E-state index in [0.717, 1.165) is 29.9 Å². The Bertz CT molecular complexity index is 738. The Morgan fingerprint density at radius 2 is 1.65 bits per heavy atom. The van der Waals surface area contributed by atoms with Gasteiger partial charge in [0.1, 0.15) is 11.9 Å². The highest BCUT2D eigenvalue weighted by Gasteiger charge is 2.28. The van der Waals surface area contributed by atoms with E-state index in [2.05, 4.69) is 0 Å². The van der Waals surface area contributed by atoms with Crippen LogP contribution in [0.5, 0.6) is 17.2 Å². The second kappa shape index (κ2) is 5.95. The fraction of sp³-hybridized carbons (Fsp3) is 0.316. The van der Waals surface area contributed by atoms with Crippen molar-refractivity contribution in [1.82, 2.24) is 0 Å². The molecule has 0 fully saturated rings. The van der Waals surface area contributed by atoms with E-state index in [4.69, 9.17) is 14.2 Å². The number of carbonyl (C=O) groups is 1. The Labute approximate surface area is 135 Å². The lowest BCUT2D eigenvalue weighted by Crippen LogP contribution is -2.20. The summed E-state index contributed by atoms with van der Waals surface area (Å²) >= 11 is 0. The number of ether oxygens (including phenoxy) is 3. The molecule has 0 spiro atoms. The molecule has 0 N–H and O–H groups in total. The van der Waals surface area contributed by atoms with E-state index >= 15 is 0 Å². The monoisotopic (exact) mass is 310 g/mol. The zero-order valence-corrected chi connectivity index (χ0v) is 12.8. The van der Waals surface area contributed by atoms with Crippen molar-refractivity contribution in [3.63, 3.8) is 0 Å². The van der Waals surface area contributed by atoms with Gasteiger partial charge in [-0.05, 0) is 42.7 Å². The van der Waals surface area contributed by atoms with E-state index in [9.17, 15) is 4.79 Å². The Hall–Kier alpha value is -2.49. The van der Waals surface area contributed by atoms with Crippen LogP contribution >= 0.6 is 0 Å². The van der Waals surface area contributed by atoms with Crippen LogP contribution in [-0.2, 0) is 0 Å². The van der Waals surface area contributed by atoms with Crippen LogP contribution in [0.4, 0.5) is 0 Å². The number of rotatable bonds is 1. The fourth-order valence-corrected chi connectivity index (χ4v) is 2.98. The summed E-state index contributed by atoms with van der Waals surface area (Å²) in [5.41, 5.74) is 1.60. The number of para-hydroxylation sites is 1. The highest BCUT2D eigenvalue weighted by atomic mass is 16.5. The SMILES string of the molecule is O=C1CC(c2ccc3c(c2)OCCCCO3)Oc2ccccc21. The molecule has 1 atom stereocenters. The molecule has 4 rings (SSSR count). The molecule has 1 unspecified atom stereocenters. The normalized spacial score (nSPS) is 20.0. The minimum atomic E-state index is -0.281. The lowest BCUT2D eigenvalue weighted by Gasteiger charge is -2.26. The van der Waals surface area contributed by atoms with Gasteiger partial charge in [-0.15, -0.1) is 0 Å². The van der Waals surface area contributed by atoms with Crippen LogP contribution in [0, 0.1) is 0 Å². The van der Waals surface area contributed by atoms with Gasteiger partial charge in [0, 0.05) is 0 Å². The number of carbonyl (C=O) groups excluding carboxylic acids is 1. The average molecular weight is 310 g/mol. The molecule has 0 radical (unpaired) electrons. The number of benzene rings is 2. The number of hydrogen-bond acceptors (Lipinski definition) is 4. The van der Waals surface area contributed by atoms with Crippen molar-refractivity contribution in [3.8, 4) is 17.2 Å². The molecule has 0 aromatic heterocycles. The zero-order chi connectivity index (χ0) is 15.6. The molecule has 0 saturated carbocycles. The van der Waals surface area contributed by atoms with Gasteiger partial charge in [0.2, 0.25) is 0 Å². The minimum absolute atomic E-state index is 0.112. The summed E-state index contributed by atoms with van der Waals surface area (Å²) in [5.74, 6) is 2.26. The van der Waals surface area contributed by atoms with E-state index < -0.39 is 0 Å². The summed E-state index contributed by atoms with van der Waals surface area (Å²) in [6.45, 7) is 1.40. The Kier molecular flexibility index (Phi) is 3.66. The van der Waals surface area contributed by atoms with Crippen molar-refractivity contribution in [2.75, 3.05) is 13.2 Å². The topological polar surface area (TPSA) is 44.8 Å². The first kappa shape index (κ1) is 14.1. The second-order valence-electron chi connectivity index (χ2n) is 5.84. The maximum atomic E-state index is 12.3. The summed E-state index contributed by atoms with van der Waals surface area (Å²) in [7, 11) is 0. The first-order valence-electron chi connectivity index (χ1n) is 8.00. The van der Waals surface area contributed by atoms with Gasteiger partial charge >= 0.3 is 0 Å². The third kappa shape index (κ3) is 2.77.